The predicted molar refractivity (Wildman–Crippen MR) is 120 cm³/mol. The molecule has 0 fully saturated rings. The Bertz CT molecular complexity index is 1230. The van der Waals surface area contributed by atoms with Crippen LogP contribution in [0.3, 0.4) is 0 Å². The molecule has 2 aromatic heterocycles. The number of nitrogens with zero attached hydrogens (tertiary/aromatic N) is 4. The highest BCUT2D eigenvalue weighted by molar-refractivity contribution is 6.30. The zero-order valence-electron chi connectivity index (χ0n) is 16.9. The Kier molecular flexibility index (Phi) is 6.43. The fraction of sp³-hybridized carbons (Fsp3) is 0.217. The van der Waals surface area contributed by atoms with Gasteiger partial charge in [-0.05, 0) is 42.7 Å². The molecule has 2 heterocycles. The molecule has 7 nitrogen and oxygen atoms in total. The van der Waals surface area contributed by atoms with E-state index >= 15 is 0 Å². The van der Waals surface area contributed by atoms with E-state index in [9.17, 15) is 9.59 Å². The summed E-state index contributed by atoms with van der Waals surface area (Å²) in [5.41, 5.74) is 1.89. The minimum Gasteiger partial charge on any atom is -0.356 e. The molecule has 0 aliphatic heterocycles. The average Bonchev–Trinajstić information content (AvgIpc) is 3.19. The normalized spacial score (nSPS) is 11.0. The van der Waals surface area contributed by atoms with E-state index in [1.807, 2.05) is 30.3 Å². The van der Waals surface area contributed by atoms with E-state index in [4.69, 9.17) is 11.6 Å². The minimum absolute atomic E-state index is 0.00912. The maximum atomic E-state index is 12.8. The Hall–Kier alpha value is -3.45. The summed E-state index contributed by atoms with van der Waals surface area (Å²) in [6.45, 7) is 0.612. The summed E-state index contributed by atoms with van der Waals surface area (Å²) in [5.74, 6) is 0.669. The van der Waals surface area contributed by atoms with E-state index < -0.39 is 0 Å². The minimum atomic E-state index is -0.262. The standard InChI is InChI=1S/C23H22ClN5O2/c24-18-9-11-19(12-10-18)28-15-16-29-20(26-27-22(29)23(28)31)7-4-8-21(30)25-14-13-17-5-2-1-3-6-17/h1-3,5-6,9-12,15-16H,4,7-8,13-14H2,(H,25,30). The van der Waals surface area contributed by atoms with E-state index in [1.165, 1.54) is 10.1 Å². The molecule has 2 aromatic carbocycles. The van der Waals surface area contributed by atoms with Crippen molar-refractivity contribution < 1.29 is 4.79 Å². The van der Waals surface area contributed by atoms with Crippen LogP contribution in [0.1, 0.15) is 24.2 Å². The third-order valence-corrected chi connectivity index (χ3v) is 5.28. The van der Waals surface area contributed by atoms with Crippen LogP contribution in [0, 0.1) is 0 Å². The van der Waals surface area contributed by atoms with E-state index in [0.29, 0.717) is 42.3 Å². The second kappa shape index (κ2) is 9.57. The molecular weight excluding hydrogens is 414 g/mol. The molecule has 0 aliphatic rings. The van der Waals surface area contributed by atoms with Gasteiger partial charge in [0.1, 0.15) is 5.82 Å². The molecule has 8 heteroatoms. The van der Waals surface area contributed by atoms with Gasteiger partial charge in [0.15, 0.2) is 0 Å². The molecule has 4 rings (SSSR count). The Morgan fingerprint density at radius 3 is 2.52 bits per heavy atom. The second-order valence-electron chi connectivity index (χ2n) is 7.20. The van der Waals surface area contributed by atoms with Gasteiger partial charge in [-0.25, -0.2) is 0 Å². The monoisotopic (exact) mass is 435 g/mol. The highest BCUT2D eigenvalue weighted by Crippen LogP contribution is 2.13. The molecule has 31 heavy (non-hydrogen) atoms. The predicted octanol–water partition coefficient (Wildman–Crippen LogP) is 3.22. The molecule has 1 N–H and O–H groups in total. The molecule has 0 bridgehead atoms. The number of aromatic nitrogens is 4. The molecule has 0 atom stereocenters. The lowest BCUT2D eigenvalue weighted by Crippen LogP contribution is -2.25. The van der Waals surface area contributed by atoms with Crippen molar-refractivity contribution in [3.63, 3.8) is 0 Å². The van der Waals surface area contributed by atoms with Crippen LogP contribution in [0.25, 0.3) is 11.3 Å². The average molecular weight is 436 g/mol. The van der Waals surface area contributed by atoms with Crippen molar-refractivity contribution in [3.05, 3.63) is 93.8 Å². The fourth-order valence-electron chi connectivity index (χ4n) is 3.40. The third kappa shape index (κ3) is 5.00. The Labute approximate surface area is 184 Å². The number of hydrogen-bond donors (Lipinski definition) is 1. The SMILES string of the molecule is O=C(CCCc1nnc2c(=O)n(-c3ccc(Cl)cc3)ccn12)NCCc1ccccc1. The number of carbonyl (C=O) groups excluding carboxylic acids is 1. The van der Waals surface area contributed by atoms with Crippen LogP contribution < -0.4 is 10.9 Å². The van der Waals surface area contributed by atoms with Crippen LogP contribution in [0.5, 0.6) is 0 Å². The first-order valence-electron chi connectivity index (χ1n) is 10.1. The fourth-order valence-corrected chi connectivity index (χ4v) is 3.52. The van der Waals surface area contributed by atoms with Crippen LogP contribution in [0.2, 0.25) is 5.02 Å². The molecule has 158 valence electrons. The topological polar surface area (TPSA) is 81.3 Å². The zero-order chi connectivity index (χ0) is 21.6. The molecule has 0 aliphatic carbocycles. The number of carbonyl (C=O) groups is 1. The van der Waals surface area contributed by atoms with Crippen molar-refractivity contribution in [1.29, 1.82) is 0 Å². The molecule has 1 amide bonds. The Balaban J connectivity index is 1.34. The molecule has 4 aromatic rings. The van der Waals surface area contributed by atoms with Crippen molar-refractivity contribution in [1.82, 2.24) is 24.5 Å². The molecule has 0 saturated heterocycles. The molecular formula is C23H22ClN5O2. The lowest BCUT2D eigenvalue weighted by molar-refractivity contribution is -0.121. The van der Waals surface area contributed by atoms with Gasteiger partial charge in [-0.1, -0.05) is 41.9 Å². The molecule has 0 saturated carbocycles. The van der Waals surface area contributed by atoms with Gasteiger partial charge in [0.05, 0.1) is 0 Å². The molecule has 0 radical (unpaired) electrons. The van der Waals surface area contributed by atoms with E-state index in [2.05, 4.69) is 15.5 Å². The second-order valence-corrected chi connectivity index (χ2v) is 7.64. The van der Waals surface area contributed by atoms with Crippen molar-refractivity contribution in [3.8, 4) is 5.69 Å². The van der Waals surface area contributed by atoms with Crippen LogP contribution in [0.15, 0.2) is 71.8 Å². The van der Waals surface area contributed by atoms with Gasteiger partial charge >= 0.3 is 5.56 Å². The number of hydrogen-bond acceptors (Lipinski definition) is 4. The smallest absolute Gasteiger partial charge is 0.300 e. The first kappa shape index (κ1) is 20.8. The zero-order valence-corrected chi connectivity index (χ0v) is 17.6. The van der Waals surface area contributed by atoms with Gasteiger partial charge in [-0.2, -0.15) is 0 Å². The Morgan fingerprint density at radius 1 is 0.968 bits per heavy atom. The summed E-state index contributed by atoms with van der Waals surface area (Å²) < 4.78 is 3.19. The van der Waals surface area contributed by atoms with Crippen molar-refractivity contribution in [2.24, 2.45) is 0 Å². The quantitative estimate of drug-likeness (QED) is 0.460. The number of halogens is 1. The van der Waals surface area contributed by atoms with Gasteiger partial charge in [-0.3, -0.25) is 18.6 Å². The summed E-state index contributed by atoms with van der Waals surface area (Å²) in [5, 5.41) is 11.8. The maximum Gasteiger partial charge on any atom is 0.300 e. The van der Waals surface area contributed by atoms with Crippen molar-refractivity contribution >= 4 is 23.2 Å². The first-order chi connectivity index (χ1) is 15.1. The summed E-state index contributed by atoms with van der Waals surface area (Å²) in [4.78, 5) is 24.9. The van der Waals surface area contributed by atoms with Gasteiger partial charge in [0, 0.05) is 42.5 Å². The number of fused-ring (bicyclic) bond motifs is 1. The van der Waals surface area contributed by atoms with Gasteiger partial charge in [0.25, 0.3) is 0 Å². The number of benzene rings is 2. The maximum absolute atomic E-state index is 12.8. The first-order valence-corrected chi connectivity index (χ1v) is 10.5. The van der Waals surface area contributed by atoms with Crippen LogP contribution in [-0.2, 0) is 17.6 Å². The summed E-state index contributed by atoms with van der Waals surface area (Å²) in [6, 6.07) is 17.0. The van der Waals surface area contributed by atoms with E-state index in [-0.39, 0.29) is 17.1 Å². The highest BCUT2D eigenvalue weighted by Gasteiger charge is 2.12. The summed E-state index contributed by atoms with van der Waals surface area (Å²) in [6.07, 6.45) is 5.82. The van der Waals surface area contributed by atoms with Crippen LogP contribution in [0.4, 0.5) is 0 Å². The van der Waals surface area contributed by atoms with Gasteiger partial charge < -0.3 is 5.32 Å². The van der Waals surface area contributed by atoms with E-state index in [1.54, 1.807) is 41.1 Å². The van der Waals surface area contributed by atoms with Gasteiger partial charge in [-0.15, -0.1) is 10.2 Å². The summed E-state index contributed by atoms with van der Waals surface area (Å²) in [7, 11) is 0. The highest BCUT2D eigenvalue weighted by atomic mass is 35.5. The Morgan fingerprint density at radius 2 is 1.74 bits per heavy atom. The summed E-state index contributed by atoms with van der Waals surface area (Å²) >= 11 is 5.92. The van der Waals surface area contributed by atoms with Crippen molar-refractivity contribution in [2.75, 3.05) is 6.54 Å². The number of amides is 1. The molecule has 0 unspecified atom stereocenters. The lowest BCUT2D eigenvalue weighted by atomic mass is 10.1. The molecule has 0 spiro atoms. The van der Waals surface area contributed by atoms with Crippen LogP contribution in [-0.4, -0.2) is 31.6 Å². The number of nitrogens with one attached hydrogen (secondary N) is 1. The van der Waals surface area contributed by atoms with Crippen LogP contribution >= 0.6 is 11.6 Å². The van der Waals surface area contributed by atoms with Crippen molar-refractivity contribution in [2.45, 2.75) is 25.7 Å². The number of rotatable bonds is 8. The van der Waals surface area contributed by atoms with E-state index in [0.717, 1.165) is 6.42 Å². The van der Waals surface area contributed by atoms with Gasteiger partial charge in [0.2, 0.25) is 11.6 Å². The lowest BCUT2D eigenvalue weighted by Gasteiger charge is -2.07. The largest absolute Gasteiger partial charge is 0.356 e. The number of aryl methyl sites for hydroxylation is 1. The third-order valence-electron chi connectivity index (χ3n) is 5.03.